The first-order valence-corrected chi connectivity index (χ1v) is 6.98. The van der Waals surface area contributed by atoms with E-state index in [0.717, 1.165) is 12.6 Å². The van der Waals surface area contributed by atoms with Crippen molar-refractivity contribution >= 4 is 0 Å². The molecule has 1 saturated carbocycles. The Morgan fingerprint density at radius 3 is 2.31 bits per heavy atom. The Morgan fingerprint density at radius 2 is 1.94 bits per heavy atom. The zero-order valence-corrected chi connectivity index (χ0v) is 11.8. The van der Waals surface area contributed by atoms with Gasteiger partial charge in [0.1, 0.15) is 0 Å². The molecule has 1 rings (SSSR count). The normalized spacial score (nSPS) is 20.4. The van der Waals surface area contributed by atoms with Gasteiger partial charge in [-0.2, -0.15) is 0 Å². The summed E-state index contributed by atoms with van der Waals surface area (Å²) in [6.45, 7) is 15.1. The summed E-state index contributed by atoms with van der Waals surface area (Å²) in [5, 5.41) is 3.60. The van der Waals surface area contributed by atoms with E-state index >= 15 is 0 Å². The highest BCUT2D eigenvalue weighted by molar-refractivity contribution is 4.89. The second-order valence-corrected chi connectivity index (χ2v) is 5.99. The monoisotopic (exact) mass is 226 g/mol. The summed E-state index contributed by atoms with van der Waals surface area (Å²) in [5.41, 5.74) is 0.433. The van der Waals surface area contributed by atoms with E-state index in [1.807, 2.05) is 0 Å². The highest BCUT2D eigenvalue weighted by Crippen LogP contribution is 2.31. The summed E-state index contributed by atoms with van der Waals surface area (Å²) in [4.78, 5) is 2.67. The third-order valence-corrected chi connectivity index (χ3v) is 3.84. The Hall–Kier alpha value is -0.0800. The standard InChI is InChI=1S/C14H30N2/c1-6-14(5,10-15-12(3)4)11-16(7-2)13-8-9-13/h12-13,15H,6-11H2,1-5H3. The molecule has 0 bridgehead atoms. The van der Waals surface area contributed by atoms with E-state index in [1.165, 1.54) is 32.4 Å². The molecule has 0 aromatic rings. The van der Waals surface area contributed by atoms with E-state index in [-0.39, 0.29) is 0 Å². The molecule has 2 nitrogen and oxygen atoms in total. The van der Waals surface area contributed by atoms with Crippen molar-refractivity contribution in [3.05, 3.63) is 0 Å². The van der Waals surface area contributed by atoms with Gasteiger partial charge in [0.25, 0.3) is 0 Å². The van der Waals surface area contributed by atoms with Crippen molar-refractivity contribution in [3.63, 3.8) is 0 Å². The molecule has 1 atom stereocenters. The highest BCUT2D eigenvalue weighted by Gasteiger charge is 2.33. The molecule has 0 aromatic carbocycles. The van der Waals surface area contributed by atoms with Crippen LogP contribution in [0.2, 0.25) is 0 Å². The van der Waals surface area contributed by atoms with Crippen LogP contribution in [0, 0.1) is 5.41 Å². The van der Waals surface area contributed by atoms with Crippen LogP contribution in [0.15, 0.2) is 0 Å². The lowest BCUT2D eigenvalue weighted by Gasteiger charge is -2.35. The van der Waals surface area contributed by atoms with Crippen LogP contribution in [0.4, 0.5) is 0 Å². The maximum atomic E-state index is 3.60. The lowest BCUT2D eigenvalue weighted by atomic mass is 9.86. The molecule has 96 valence electrons. The van der Waals surface area contributed by atoms with E-state index in [1.54, 1.807) is 0 Å². The van der Waals surface area contributed by atoms with Crippen molar-refractivity contribution in [2.24, 2.45) is 5.41 Å². The number of rotatable bonds is 8. The van der Waals surface area contributed by atoms with Gasteiger partial charge in [-0.3, -0.25) is 0 Å². The Labute approximate surface area is 102 Å². The predicted molar refractivity (Wildman–Crippen MR) is 71.8 cm³/mol. The number of nitrogens with zero attached hydrogens (tertiary/aromatic N) is 1. The molecule has 1 aliphatic rings. The molecule has 0 radical (unpaired) electrons. The summed E-state index contributed by atoms with van der Waals surface area (Å²) in [6.07, 6.45) is 4.10. The molecular weight excluding hydrogens is 196 g/mol. The molecule has 1 aliphatic carbocycles. The Kier molecular flexibility index (Phi) is 5.26. The molecule has 0 heterocycles. The fraction of sp³-hybridized carbons (Fsp3) is 1.00. The Bertz CT molecular complexity index is 199. The third-order valence-electron chi connectivity index (χ3n) is 3.84. The zero-order chi connectivity index (χ0) is 12.2. The average Bonchev–Trinajstić information content (AvgIpc) is 3.07. The van der Waals surface area contributed by atoms with Gasteiger partial charge in [-0.25, -0.2) is 0 Å². The van der Waals surface area contributed by atoms with Crippen molar-refractivity contribution in [2.75, 3.05) is 19.6 Å². The van der Waals surface area contributed by atoms with Gasteiger partial charge in [0.15, 0.2) is 0 Å². The Balaban J connectivity index is 2.43. The van der Waals surface area contributed by atoms with Crippen molar-refractivity contribution in [1.82, 2.24) is 10.2 Å². The minimum atomic E-state index is 0.433. The van der Waals surface area contributed by atoms with Crippen LogP contribution < -0.4 is 5.32 Å². The van der Waals surface area contributed by atoms with E-state index in [9.17, 15) is 0 Å². The van der Waals surface area contributed by atoms with Crippen LogP contribution in [0.3, 0.4) is 0 Å². The van der Waals surface area contributed by atoms with Crippen molar-refractivity contribution in [1.29, 1.82) is 0 Å². The van der Waals surface area contributed by atoms with Gasteiger partial charge in [-0.15, -0.1) is 0 Å². The number of hydrogen-bond donors (Lipinski definition) is 1. The minimum absolute atomic E-state index is 0.433. The number of hydrogen-bond acceptors (Lipinski definition) is 2. The zero-order valence-electron chi connectivity index (χ0n) is 11.8. The molecule has 2 heteroatoms. The van der Waals surface area contributed by atoms with Crippen molar-refractivity contribution in [3.8, 4) is 0 Å². The fourth-order valence-electron chi connectivity index (χ4n) is 2.17. The summed E-state index contributed by atoms with van der Waals surface area (Å²) in [5.74, 6) is 0. The molecule has 0 saturated heterocycles. The second kappa shape index (κ2) is 6.02. The lowest BCUT2D eigenvalue weighted by molar-refractivity contribution is 0.151. The maximum absolute atomic E-state index is 3.60. The smallest absolute Gasteiger partial charge is 0.00965 e. The van der Waals surface area contributed by atoms with Gasteiger partial charge >= 0.3 is 0 Å². The van der Waals surface area contributed by atoms with Crippen LogP contribution in [-0.4, -0.2) is 36.6 Å². The van der Waals surface area contributed by atoms with Crippen molar-refractivity contribution in [2.45, 2.75) is 66.0 Å². The molecule has 1 fully saturated rings. The highest BCUT2D eigenvalue weighted by atomic mass is 15.2. The molecule has 1 N–H and O–H groups in total. The molecule has 1 unspecified atom stereocenters. The number of nitrogens with one attached hydrogen (secondary N) is 1. The molecule has 0 aromatic heterocycles. The van der Waals surface area contributed by atoms with Gasteiger partial charge < -0.3 is 10.2 Å². The van der Waals surface area contributed by atoms with Crippen molar-refractivity contribution < 1.29 is 0 Å². The van der Waals surface area contributed by atoms with Gasteiger partial charge in [0.2, 0.25) is 0 Å². The fourth-order valence-corrected chi connectivity index (χ4v) is 2.17. The van der Waals surface area contributed by atoms with Gasteiger partial charge in [-0.05, 0) is 31.2 Å². The van der Waals surface area contributed by atoms with Gasteiger partial charge in [-0.1, -0.05) is 34.6 Å². The lowest BCUT2D eigenvalue weighted by Crippen LogP contribution is -2.44. The second-order valence-electron chi connectivity index (χ2n) is 5.99. The van der Waals surface area contributed by atoms with Gasteiger partial charge in [0.05, 0.1) is 0 Å². The van der Waals surface area contributed by atoms with Gasteiger partial charge in [0, 0.05) is 25.2 Å². The largest absolute Gasteiger partial charge is 0.314 e. The summed E-state index contributed by atoms with van der Waals surface area (Å²) >= 11 is 0. The first-order chi connectivity index (χ1) is 7.50. The summed E-state index contributed by atoms with van der Waals surface area (Å²) < 4.78 is 0. The van der Waals surface area contributed by atoms with Crippen LogP contribution in [0.5, 0.6) is 0 Å². The summed E-state index contributed by atoms with van der Waals surface area (Å²) in [6, 6.07) is 1.50. The third kappa shape index (κ3) is 4.42. The van der Waals surface area contributed by atoms with Crippen LogP contribution >= 0.6 is 0 Å². The van der Waals surface area contributed by atoms with E-state index in [2.05, 4.69) is 44.8 Å². The minimum Gasteiger partial charge on any atom is -0.314 e. The summed E-state index contributed by atoms with van der Waals surface area (Å²) in [7, 11) is 0. The first kappa shape index (κ1) is 14.0. The van der Waals surface area contributed by atoms with Crippen LogP contribution in [-0.2, 0) is 0 Å². The van der Waals surface area contributed by atoms with E-state index < -0.39 is 0 Å². The van der Waals surface area contributed by atoms with Crippen LogP contribution in [0.1, 0.15) is 53.9 Å². The average molecular weight is 226 g/mol. The van der Waals surface area contributed by atoms with Crippen LogP contribution in [0.25, 0.3) is 0 Å². The first-order valence-electron chi connectivity index (χ1n) is 6.98. The predicted octanol–water partition coefficient (Wildman–Crippen LogP) is 2.89. The van der Waals surface area contributed by atoms with E-state index in [0.29, 0.717) is 11.5 Å². The molecule has 0 spiro atoms. The SMILES string of the molecule is CCN(CC(C)(CC)CNC(C)C)C1CC1. The molecule has 16 heavy (non-hydrogen) atoms. The molecule has 0 amide bonds. The maximum Gasteiger partial charge on any atom is 0.00965 e. The Morgan fingerprint density at radius 1 is 1.31 bits per heavy atom. The molecule has 0 aliphatic heterocycles. The quantitative estimate of drug-likeness (QED) is 0.684. The topological polar surface area (TPSA) is 15.3 Å². The van der Waals surface area contributed by atoms with E-state index in [4.69, 9.17) is 0 Å². The molecular formula is C14H30N2.